The summed E-state index contributed by atoms with van der Waals surface area (Å²) in [4.78, 5) is 11.3. The van der Waals surface area contributed by atoms with E-state index in [0.29, 0.717) is 6.54 Å². The number of guanidine groups is 1. The minimum absolute atomic E-state index is 0. The summed E-state index contributed by atoms with van der Waals surface area (Å²) in [5, 5.41) is 6.89. The Hall–Kier alpha value is -1.87. The summed E-state index contributed by atoms with van der Waals surface area (Å²) in [6.45, 7) is 9.19. The molecule has 1 aromatic heterocycles. The van der Waals surface area contributed by atoms with Gasteiger partial charge in [-0.2, -0.15) is 0 Å². The highest BCUT2D eigenvalue weighted by Crippen LogP contribution is 2.22. The summed E-state index contributed by atoms with van der Waals surface area (Å²) in [5.41, 5.74) is 2.47. The fourth-order valence-electron chi connectivity index (χ4n) is 3.32. The number of benzene rings is 1. The van der Waals surface area contributed by atoms with Crippen LogP contribution >= 0.6 is 24.0 Å². The zero-order valence-corrected chi connectivity index (χ0v) is 19.8. The molecule has 1 saturated heterocycles. The fourth-order valence-corrected chi connectivity index (χ4v) is 3.32. The number of rotatable bonds is 6. The first kappa shape index (κ1) is 23.4. The van der Waals surface area contributed by atoms with Crippen LogP contribution in [0.25, 0.3) is 0 Å². The molecule has 0 unspecified atom stereocenters. The Bertz CT molecular complexity index is 776. The van der Waals surface area contributed by atoms with Crippen LogP contribution in [0.5, 0.6) is 0 Å². The van der Waals surface area contributed by atoms with Crippen LogP contribution in [0.2, 0.25) is 0 Å². The lowest BCUT2D eigenvalue weighted by Gasteiger charge is -2.30. The zero-order chi connectivity index (χ0) is 19.8. The van der Waals surface area contributed by atoms with Crippen LogP contribution in [0.4, 0.5) is 5.82 Å². The van der Waals surface area contributed by atoms with Crippen LogP contribution in [-0.2, 0) is 16.7 Å². The second-order valence-corrected chi connectivity index (χ2v) is 7.61. The Morgan fingerprint density at radius 1 is 1.10 bits per heavy atom. The number of hydrogen-bond acceptors (Lipinski definition) is 4. The number of hydrogen-bond donors (Lipinski definition) is 2. The van der Waals surface area contributed by atoms with Crippen LogP contribution in [0.1, 0.15) is 25.0 Å². The average Bonchev–Trinajstić information content (AvgIpc) is 2.75. The Balaban J connectivity index is 0.00000300. The number of aliphatic imine (C=N–C) groups is 1. The van der Waals surface area contributed by atoms with Gasteiger partial charge in [0, 0.05) is 50.4 Å². The smallest absolute Gasteiger partial charge is 0.191 e. The normalized spacial score (nSPS) is 14.9. The number of morpholine rings is 1. The SMILES string of the molecule is CN=C(NCc1cccnc1N1CCOCC1)NCC(C)(C)c1ccccc1.I. The van der Waals surface area contributed by atoms with Gasteiger partial charge in [0.2, 0.25) is 0 Å². The lowest BCUT2D eigenvalue weighted by Crippen LogP contribution is -2.43. The average molecular weight is 509 g/mol. The highest BCUT2D eigenvalue weighted by molar-refractivity contribution is 14.0. The van der Waals surface area contributed by atoms with Crippen molar-refractivity contribution in [1.82, 2.24) is 15.6 Å². The molecular formula is C22H32IN5O. The largest absolute Gasteiger partial charge is 0.378 e. The maximum atomic E-state index is 5.46. The number of ether oxygens (including phenoxy) is 1. The highest BCUT2D eigenvalue weighted by atomic mass is 127. The van der Waals surface area contributed by atoms with Gasteiger partial charge < -0.3 is 20.3 Å². The van der Waals surface area contributed by atoms with Gasteiger partial charge in [-0.25, -0.2) is 4.98 Å². The lowest BCUT2D eigenvalue weighted by atomic mass is 9.85. The third kappa shape index (κ3) is 6.57. The summed E-state index contributed by atoms with van der Waals surface area (Å²) >= 11 is 0. The van der Waals surface area contributed by atoms with Crippen LogP contribution < -0.4 is 15.5 Å². The van der Waals surface area contributed by atoms with Gasteiger partial charge in [-0.05, 0) is 11.6 Å². The first-order chi connectivity index (χ1) is 13.6. The van der Waals surface area contributed by atoms with Crippen molar-refractivity contribution in [3.05, 3.63) is 59.8 Å². The molecule has 0 amide bonds. The van der Waals surface area contributed by atoms with Gasteiger partial charge in [0.1, 0.15) is 5.82 Å². The van der Waals surface area contributed by atoms with Gasteiger partial charge in [0.05, 0.1) is 13.2 Å². The van der Waals surface area contributed by atoms with E-state index < -0.39 is 0 Å². The predicted octanol–water partition coefficient (Wildman–Crippen LogP) is 3.18. The van der Waals surface area contributed by atoms with Crippen LogP contribution in [0.3, 0.4) is 0 Å². The van der Waals surface area contributed by atoms with Crippen molar-refractivity contribution >= 4 is 35.8 Å². The quantitative estimate of drug-likeness (QED) is 0.356. The molecule has 6 nitrogen and oxygen atoms in total. The van der Waals surface area contributed by atoms with Gasteiger partial charge in [-0.1, -0.05) is 50.2 Å². The number of pyridine rings is 1. The minimum atomic E-state index is 0. The topological polar surface area (TPSA) is 61.8 Å². The molecule has 1 aromatic carbocycles. The molecule has 0 bridgehead atoms. The van der Waals surface area contributed by atoms with E-state index in [0.717, 1.165) is 50.2 Å². The van der Waals surface area contributed by atoms with E-state index in [1.165, 1.54) is 5.56 Å². The molecule has 0 radical (unpaired) electrons. The van der Waals surface area contributed by atoms with Gasteiger partial charge in [-0.15, -0.1) is 24.0 Å². The predicted molar refractivity (Wildman–Crippen MR) is 130 cm³/mol. The third-order valence-electron chi connectivity index (χ3n) is 5.10. The van der Waals surface area contributed by atoms with Gasteiger partial charge in [0.25, 0.3) is 0 Å². The van der Waals surface area contributed by atoms with Crippen molar-refractivity contribution in [3.8, 4) is 0 Å². The summed E-state index contributed by atoms with van der Waals surface area (Å²) < 4.78 is 5.46. The molecule has 0 spiro atoms. The molecule has 0 atom stereocenters. The first-order valence-corrected chi connectivity index (χ1v) is 9.87. The van der Waals surface area contributed by atoms with Gasteiger partial charge in [-0.3, -0.25) is 4.99 Å². The van der Waals surface area contributed by atoms with E-state index >= 15 is 0 Å². The van der Waals surface area contributed by atoms with Crippen LogP contribution in [0, 0.1) is 0 Å². The molecule has 1 fully saturated rings. The van der Waals surface area contributed by atoms with E-state index in [1.807, 2.05) is 18.3 Å². The molecule has 29 heavy (non-hydrogen) atoms. The molecule has 0 aliphatic carbocycles. The van der Waals surface area contributed by atoms with Gasteiger partial charge in [0.15, 0.2) is 5.96 Å². The van der Waals surface area contributed by atoms with Crippen molar-refractivity contribution in [2.45, 2.75) is 25.8 Å². The Morgan fingerprint density at radius 2 is 1.83 bits per heavy atom. The van der Waals surface area contributed by atoms with E-state index in [2.05, 4.69) is 69.7 Å². The minimum Gasteiger partial charge on any atom is -0.378 e. The van der Waals surface area contributed by atoms with E-state index in [9.17, 15) is 0 Å². The lowest BCUT2D eigenvalue weighted by molar-refractivity contribution is 0.122. The maximum absolute atomic E-state index is 5.46. The molecule has 1 aliphatic heterocycles. The zero-order valence-electron chi connectivity index (χ0n) is 17.5. The molecule has 2 N–H and O–H groups in total. The number of nitrogens with one attached hydrogen (secondary N) is 2. The molecule has 2 heterocycles. The van der Waals surface area contributed by atoms with Crippen molar-refractivity contribution in [1.29, 1.82) is 0 Å². The number of aromatic nitrogens is 1. The van der Waals surface area contributed by atoms with Crippen molar-refractivity contribution < 1.29 is 4.74 Å². The second kappa shape index (κ2) is 11.3. The van der Waals surface area contributed by atoms with E-state index in [-0.39, 0.29) is 29.4 Å². The molecule has 2 aromatic rings. The first-order valence-electron chi connectivity index (χ1n) is 9.87. The monoisotopic (exact) mass is 509 g/mol. The second-order valence-electron chi connectivity index (χ2n) is 7.61. The molecule has 158 valence electrons. The highest BCUT2D eigenvalue weighted by Gasteiger charge is 2.21. The van der Waals surface area contributed by atoms with Crippen LogP contribution in [0.15, 0.2) is 53.7 Å². The molecular weight excluding hydrogens is 477 g/mol. The van der Waals surface area contributed by atoms with E-state index in [1.54, 1.807) is 7.05 Å². The van der Waals surface area contributed by atoms with Crippen molar-refractivity contribution in [2.24, 2.45) is 4.99 Å². The maximum Gasteiger partial charge on any atom is 0.191 e. The van der Waals surface area contributed by atoms with Crippen LogP contribution in [-0.4, -0.2) is 50.8 Å². The number of nitrogens with zero attached hydrogens (tertiary/aromatic N) is 3. The van der Waals surface area contributed by atoms with Crippen molar-refractivity contribution in [2.75, 3.05) is 44.8 Å². The van der Waals surface area contributed by atoms with E-state index in [4.69, 9.17) is 4.74 Å². The fraction of sp³-hybridized carbons (Fsp3) is 0.455. The Labute approximate surface area is 191 Å². The third-order valence-corrected chi connectivity index (χ3v) is 5.10. The summed E-state index contributed by atoms with van der Waals surface area (Å²) in [7, 11) is 1.80. The summed E-state index contributed by atoms with van der Waals surface area (Å²) in [5.74, 6) is 1.82. The Kier molecular flexibility index (Phi) is 9.16. The summed E-state index contributed by atoms with van der Waals surface area (Å²) in [6, 6.07) is 14.7. The molecule has 1 aliphatic rings. The molecule has 0 saturated carbocycles. The van der Waals surface area contributed by atoms with Gasteiger partial charge >= 0.3 is 0 Å². The Morgan fingerprint density at radius 3 is 2.52 bits per heavy atom. The molecule has 7 heteroatoms. The molecule has 3 rings (SSSR count). The number of halogens is 1. The van der Waals surface area contributed by atoms with Crippen molar-refractivity contribution in [3.63, 3.8) is 0 Å². The summed E-state index contributed by atoms with van der Waals surface area (Å²) in [6.07, 6.45) is 1.85. The number of anilines is 1. The standard InChI is InChI=1S/C22H31N5O.HI/c1-22(2,19-9-5-4-6-10-19)17-26-21(23-3)25-16-18-8-7-11-24-20(18)27-12-14-28-15-13-27;/h4-11H,12-17H2,1-3H3,(H2,23,25,26);1H.